The van der Waals surface area contributed by atoms with Crippen molar-refractivity contribution in [1.82, 2.24) is 9.88 Å². The van der Waals surface area contributed by atoms with Gasteiger partial charge in [0.15, 0.2) is 0 Å². The highest BCUT2D eigenvalue weighted by molar-refractivity contribution is 8.13. The molecule has 1 fully saturated rings. The first-order chi connectivity index (χ1) is 8.16. The van der Waals surface area contributed by atoms with Crippen LogP contribution < -0.4 is 10.7 Å². The van der Waals surface area contributed by atoms with E-state index in [1.165, 1.54) is 35.1 Å². The second kappa shape index (κ2) is 5.05. The number of H-pyrrole nitrogens is 1. The van der Waals surface area contributed by atoms with Crippen molar-refractivity contribution >= 4 is 28.6 Å². The zero-order valence-electron chi connectivity index (χ0n) is 8.93. The first kappa shape index (κ1) is 11.7. The van der Waals surface area contributed by atoms with Gasteiger partial charge in [0, 0.05) is 30.8 Å². The minimum Gasteiger partial charge on any atom is -0.366 e. The Morgan fingerprint density at radius 2 is 2.35 bits per heavy atom. The smallest absolute Gasteiger partial charge is 0.282 e. The molecule has 1 aromatic rings. The summed E-state index contributed by atoms with van der Waals surface area (Å²) in [5.74, 6) is 0.343. The summed E-state index contributed by atoms with van der Waals surface area (Å²) in [5.41, 5.74) is -0.0731. The lowest BCUT2D eigenvalue weighted by atomic mass is 10.4. The van der Waals surface area contributed by atoms with Crippen molar-refractivity contribution < 1.29 is 9.59 Å². The molecule has 0 saturated carbocycles. The summed E-state index contributed by atoms with van der Waals surface area (Å²) in [7, 11) is 0. The molecule has 1 aromatic heterocycles. The Labute approximate surface area is 101 Å². The molecule has 2 N–H and O–H groups in total. The molecule has 2 heterocycles. The summed E-state index contributed by atoms with van der Waals surface area (Å²) in [4.78, 5) is 38.4. The molecule has 6 nitrogen and oxygen atoms in total. The molecule has 0 bridgehead atoms. The normalized spacial score (nSPS) is 15.1. The van der Waals surface area contributed by atoms with E-state index in [0.717, 1.165) is 0 Å². The number of aromatic amines is 1. The molecule has 1 aliphatic heterocycles. The molecule has 0 aromatic carbocycles. The number of amides is 2. The van der Waals surface area contributed by atoms with E-state index in [0.29, 0.717) is 12.3 Å². The van der Waals surface area contributed by atoms with E-state index in [1.807, 2.05) is 0 Å². The van der Waals surface area contributed by atoms with E-state index < -0.39 is 0 Å². The molecule has 1 aliphatic rings. The van der Waals surface area contributed by atoms with Gasteiger partial charge in [-0.3, -0.25) is 14.4 Å². The van der Waals surface area contributed by atoms with E-state index in [2.05, 4.69) is 10.3 Å². The van der Waals surface area contributed by atoms with Crippen LogP contribution in [0.25, 0.3) is 0 Å². The first-order valence-corrected chi connectivity index (χ1v) is 6.04. The quantitative estimate of drug-likeness (QED) is 0.821. The van der Waals surface area contributed by atoms with Crippen molar-refractivity contribution in [1.29, 1.82) is 0 Å². The highest BCUT2D eigenvalue weighted by Gasteiger charge is 2.23. The maximum absolute atomic E-state index is 11.6. The summed E-state index contributed by atoms with van der Waals surface area (Å²) in [6, 6.07) is 1.33. The van der Waals surface area contributed by atoms with Crippen LogP contribution in [-0.2, 0) is 4.79 Å². The van der Waals surface area contributed by atoms with Gasteiger partial charge in [0.2, 0.25) is 11.3 Å². The summed E-state index contributed by atoms with van der Waals surface area (Å²) in [6.45, 7) is 0.558. The lowest BCUT2D eigenvalue weighted by molar-refractivity contribution is -0.116. The first-order valence-electron chi connectivity index (χ1n) is 5.05. The van der Waals surface area contributed by atoms with E-state index in [1.54, 1.807) is 0 Å². The summed E-state index contributed by atoms with van der Waals surface area (Å²) >= 11 is 1.20. The number of aromatic nitrogens is 1. The highest BCUT2D eigenvalue weighted by Crippen LogP contribution is 2.16. The van der Waals surface area contributed by atoms with Gasteiger partial charge in [-0.2, -0.15) is 0 Å². The molecule has 0 aliphatic carbocycles. The van der Waals surface area contributed by atoms with Crippen LogP contribution in [0, 0.1) is 0 Å². The summed E-state index contributed by atoms with van der Waals surface area (Å²) < 4.78 is 0. The SMILES string of the molecule is O=C(CN1CCSC1=O)Nc1c[nH]ccc1=O. The number of hydrogen-bond donors (Lipinski definition) is 2. The van der Waals surface area contributed by atoms with Crippen molar-refractivity contribution in [3.63, 3.8) is 0 Å². The zero-order chi connectivity index (χ0) is 12.3. The Hall–Kier alpha value is -1.76. The number of carbonyl (C=O) groups is 2. The fourth-order valence-corrected chi connectivity index (χ4v) is 2.27. The van der Waals surface area contributed by atoms with Crippen molar-refractivity contribution in [3.8, 4) is 0 Å². The minimum absolute atomic E-state index is 0.0137. The molecule has 17 heavy (non-hydrogen) atoms. The molecule has 0 spiro atoms. The monoisotopic (exact) mass is 253 g/mol. The number of carbonyl (C=O) groups excluding carboxylic acids is 2. The average molecular weight is 253 g/mol. The topological polar surface area (TPSA) is 82.3 Å². The maximum Gasteiger partial charge on any atom is 0.282 e. The van der Waals surface area contributed by atoms with Gasteiger partial charge >= 0.3 is 0 Å². The van der Waals surface area contributed by atoms with Crippen molar-refractivity contribution in [2.75, 3.05) is 24.2 Å². The number of nitrogens with zero attached hydrogens (tertiary/aromatic N) is 1. The highest BCUT2D eigenvalue weighted by atomic mass is 32.2. The Morgan fingerprint density at radius 1 is 1.53 bits per heavy atom. The lowest BCUT2D eigenvalue weighted by Gasteiger charge is -2.13. The van der Waals surface area contributed by atoms with E-state index in [9.17, 15) is 14.4 Å². The average Bonchev–Trinajstić information content (AvgIpc) is 2.68. The third kappa shape index (κ3) is 2.88. The molecule has 2 rings (SSSR count). The van der Waals surface area contributed by atoms with Crippen LogP contribution in [0.15, 0.2) is 23.3 Å². The van der Waals surface area contributed by atoms with Gasteiger partial charge in [0.25, 0.3) is 5.24 Å². The molecular weight excluding hydrogens is 242 g/mol. The van der Waals surface area contributed by atoms with Gasteiger partial charge in [-0.1, -0.05) is 11.8 Å². The molecule has 7 heteroatoms. The van der Waals surface area contributed by atoms with Gasteiger partial charge in [-0.25, -0.2) is 0 Å². The fourth-order valence-electron chi connectivity index (χ4n) is 1.45. The maximum atomic E-state index is 11.6. The zero-order valence-corrected chi connectivity index (χ0v) is 9.75. The van der Waals surface area contributed by atoms with E-state index >= 15 is 0 Å². The van der Waals surface area contributed by atoms with Crippen LogP contribution in [-0.4, -0.2) is 39.9 Å². The predicted molar refractivity (Wildman–Crippen MR) is 65.1 cm³/mol. The molecule has 1 saturated heterocycles. The Morgan fingerprint density at radius 3 is 3.00 bits per heavy atom. The largest absolute Gasteiger partial charge is 0.366 e. The molecule has 0 unspecified atom stereocenters. The number of hydrogen-bond acceptors (Lipinski definition) is 4. The Kier molecular flexibility index (Phi) is 3.48. The lowest BCUT2D eigenvalue weighted by Crippen LogP contribution is -2.34. The Balaban J connectivity index is 1.96. The van der Waals surface area contributed by atoms with Crippen LogP contribution in [0.1, 0.15) is 0 Å². The van der Waals surface area contributed by atoms with Crippen LogP contribution in [0.3, 0.4) is 0 Å². The minimum atomic E-state index is -0.363. The van der Waals surface area contributed by atoms with Crippen LogP contribution >= 0.6 is 11.8 Å². The second-order valence-corrected chi connectivity index (χ2v) is 4.55. The number of pyridine rings is 1. The van der Waals surface area contributed by atoms with E-state index in [4.69, 9.17) is 0 Å². The van der Waals surface area contributed by atoms with E-state index in [-0.39, 0.29) is 28.8 Å². The molecular formula is C10H11N3O3S. The number of anilines is 1. The van der Waals surface area contributed by atoms with Gasteiger partial charge in [-0.05, 0) is 0 Å². The predicted octanol–water partition coefficient (Wildman–Crippen LogP) is 0.482. The van der Waals surface area contributed by atoms with Gasteiger partial charge in [-0.15, -0.1) is 0 Å². The van der Waals surface area contributed by atoms with Crippen LogP contribution in [0.2, 0.25) is 0 Å². The third-order valence-electron chi connectivity index (χ3n) is 2.28. The summed E-state index contributed by atoms with van der Waals surface area (Å²) in [6.07, 6.45) is 2.90. The molecule has 0 atom stereocenters. The van der Waals surface area contributed by atoms with Crippen LogP contribution in [0.5, 0.6) is 0 Å². The third-order valence-corrected chi connectivity index (χ3v) is 3.17. The molecule has 2 amide bonds. The van der Waals surface area contributed by atoms with Gasteiger partial charge < -0.3 is 15.2 Å². The van der Waals surface area contributed by atoms with Gasteiger partial charge in [0.1, 0.15) is 12.2 Å². The number of thioether (sulfide) groups is 1. The molecule has 90 valence electrons. The molecule has 0 radical (unpaired) electrons. The van der Waals surface area contributed by atoms with Crippen molar-refractivity contribution in [2.45, 2.75) is 0 Å². The van der Waals surface area contributed by atoms with Crippen molar-refractivity contribution in [2.24, 2.45) is 0 Å². The van der Waals surface area contributed by atoms with Crippen molar-refractivity contribution in [3.05, 3.63) is 28.7 Å². The summed E-state index contributed by atoms with van der Waals surface area (Å²) in [5, 5.41) is 2.38. The second-order valence-electron chi connectivity index (χ2n) is 3.51. The number of rotatable bonds is 3. The van der Waals surface area contributed by atoms with Gasteiger partial charge in [0.05, 0.1) is 0 Å². The number of nitrogens with one attached hydrogen (secondary N) is 2. The Bertz CT molecular complexity index is 500. The fraction of sp³-hybridized carbons (Fsp3) is 0.300. The standard InChI is InChI=1S/C10H11N3O3S/c14-8-1-2-11-5-7(8)12-9(15)6-13-3-4-17-10(13)16/h1-2,5H,3-4,6H2,(H,11,14)(H,12,15). The van der Waals surface area contributed by atoms with Crippen LogP contribution in [0.4, 0.5) is 10.5 Å².